The number of carbonyl (C=O) groups is 1. The molecule has 1 amide bonds. The summed E-state index contributed by atoms with van der Waals surface area (Å²) in [5, 5.41) is 0. The van der Waals surface area contributed by atoms with Crippen molar-refractivity contribution in [3.63, 3.8) is 0 Å². The summed E-state index contributed by atoms with van der Waals surface area (Å²) in [4.78, 5) is 23.0. The van der Waals surface area contributed by atoms with Crippen molar-refractivity contribution in [1.29, 1.82) is 0 Å². The first-order valence-electron chi connectivity index (χ1n) is 10.1. The minimum absolute atomic E-state index is 0.0690. The molecule has 1 atom stereocenters. The zero-order valence-corrected chi connectivity index (χ0v) is 16.8. The van der Waals surface area contributed by atoms with Gasteiger partial charge in [0.25, 0.3) is 0 Å². The third-order valence-corrected chi connectivity index (χ3v) is 5.79. The first kappa shape index (κ1) is 19.6. The molecule has 7 heteroatoms. The fraction of sp³-hybridized carbons (Fsp3) is 0.500. The van der Waals surface area contributed by atoms with E-state index < -0.39 is 0 Å². The van der Waals surface area contributed by atoms with Crippen LogP contribution in [0.4, 0.5) is 0 Å². The van der Waals surface area contributed by atoms with Gasteiger partial charge in [0.05, 0.1) is 31.9 Å². The second kappa shape index (κ2) is 8.78. The molecule has 154 valence electrons. The van der Waals surface area contributed by atoms with E-state index in [0.29, 0.717) is 32.0 Å². The summed E-state index contributed by atoms with van der Waals surface area (Å²) in [6.45, 7) is 2.09. The van der Waals surface area contributed by atoms with Gasteiger partial charge in [-0.25, -0.2) is 4.98 Å². The summed E-state index contributed by atoms with van der Waals surface area (Å²) < 4.78 is 17.4. The van der Waals surface area contributed by atoms with Crippen molar-refractivity contribution in [3.8, 4) is 11.6 Å². The average molecular weight is 397 g/mol. The molecule has 0 saturated carbocycles. The van der Waals surface area contributed by atoms with Crippen LogP contribution >= 0.6 is 0 Å². The lowest BCUT2D eigenvalue weighted by molar-refractivity contribution is -0.151. The highest BCUT2D eigenvalue weighted by molar-refractivity contribution is 5.79. The van der Waals surface area contributed by atoms with Gasteiger partial charge >= 0.3 is 0 Å². The Labute approximate surface area is 171 Å². The summed E-state index contributed by atoms with van der Waals surface area (Å²) in [5.41, 5.74) is 0.763. The highest BCUT2D eigenvalue weighted by Crippen LogP contribution is 2.36. The third-order valence-electron chi connectivity index (χ3n) is 5.79. The van der Waals surface area contributed by atoms with Crippen LogP contribution in [0, 0.1) is 0 Å². The first-order valence-corrected chi connectivity index (χ1v) is 10.1. The Morgan fingerprint density at radius 3 is 2.93 bits per heavy atom. The normalized spacial score (nSPS) is 21.0. The van der Waals surface area contributed by atoms with Crippen LogP contribution in [0.1, 0.15) is 31.2 Å². The van der Waals surface area contributed by atoms with E-state index in [9.17, 15) is 4.79 Å². The lowest BCUT2D eigenvalue weighted by atomic mass is 9.83. The van der Waals surface area contributed by atoms with E-state index in [2.05, 4.69) is 9.97 Å². The number of amides is 1. The van der Waals surface area contributed by atoms with E-state index in [1.165, 1.54) is 0 Å². The van der Waals surface area contributed by atoms with E-state index in [1.807, 2.05) is 29.2 Å². The second-order valence-electron chi connectivity index (χ2n) is 7.72. The SMILES string of the molecule is COc1cccc(CC(=O)N2CCC3(CC2)CC(Oc2cnccn2)CCO3)c1. The topological polar surface area (TPSA) is 73.8 Å². The highest BCUT2D eigenvalue weighted by Gasteiger charge is 2.42. The minimum atomic E-state index is -0.210. The molecule has 0 aliphatic carbocycles. The quantitative estimate of drug-likeness (QED) is 0.772. The number of carbonyl (C=O) groups excluding carboxylic acids is 1. The Hall–Kier alpha value is -2.67. The lowest BCUT2D eigenvalue weighted by Crippen LogP contribution is -2.52. The molecule has 29 heavy (non-hydrogen) atoms. The fourth-order valence-electron chi connectivity index (χ4n) is 4.18. The molecule has 2 fully saturated rings. The molecule has 0 radical (unpaired) electrons. The number of rotatable bonds is 5. The van der Waals surface area contributed by atoms with Gasteiger partial charge in [-0.1, -0.05) is 12.1 Å². The number of piperidine rings is 1. The average Bonchev–Trinajstić information content (AvgIpc) is 2.75. The van der Waals surface area contributed by atoms with Gasteiger partial charge in [-0.15, -0.1) is 0 Å². The van der Waals surface area contributed by atoms with Gasteiger partial charge in [0.1, 0.15) is 11.9 Å². The van der Waals surface area contributed by atoms with E-state index in [4.69, 9.17) is 14.2 Å². The molecule has 2 aliphatic heterocycles. The van der Waals surface area contributed by atoms with Crippen LogP contribution in [0.25, 0.3) is 0 Å². The lowest BCUT2D eigenvalue weighted by Gasteiger charge is -2.45. The van der Waals surface area contributed by atoms with Crippen LogP contribution in [0.5, 0.6) is 11.6 Å². The molecular weight excluding hydrogens is 370 g/mol. The zero-order valence-electron chi connectivity index (χ0n) is 16.8. The molecule has 0 N–H and O–H groups in total. The summed E-state index contributed by atoms with van der Waals surface area (Å²) in [5.74, 6) is 1.48. The molecule has 3 heterocycles. The van der Waals surface area contributed by atoms with E-state index in [-0.39, 0.29) is 17.6 Å². The van der Waals surface area contributed by atoms with E-state index in [1.54, 1.807) is 25.7 Å². The predicted octanol–water partition coefficient (Wildman–Crippen LogP) is 2.65. The molecular formula is C22H27N3O4. The third kappa shape index (κ3) is 4.85. The number of aromatic nitrogens is 2. The minimum Gasteiger partial charge on any atom is -0.497 e. The van der Waals surface area contributed by atoms with Crippen molar-refractivity contribution in [3.05, 3.63) is 48.4 Å². The van der Waals surface area contributed by atoms with Crippen molar-refractivity contribution in [1.82, 2.24) is 14.9 Å². The summed E-state index contributed by atoms with van der Waals surface area (Å²) in [6.07, 6.45) is 8.70. The van der Waals surface area contributed by atoms with Gasteiger partial charge in [0.2, 0.25) is 11.8 Å². The van der Waals surface area contributed by atoms with Gasteiger partial charge in [0, 0.05) is 38.3 Å². The van der Waals surface area contributed by atoms with Gasteiger partial charge in [0.15, 0.2) is 0 Å². The van der Waals surface area contributed by atoms with Crippen molar-refractivity contribution in [2.24, 2.45) is 0 Å². The molecule has 1 aromatic carbocycles. The Balaban J connectivity index is 1.31. The second-order valence-corrected chi connectivity index (χ2v) is 7.72. The Morgan fingerprint density at radius 1 is 1.31 bits per heavy atom. The fourth-order valence-corrected chi connectivity index (χ4v) is 4.18. The summed E-state index contributed by atoms with van der Waals surface area (Å²) in [7, 11) is 1.64. The Morgan fingerprint density at radius 2 is 2.17 bits per heavy atom. The number of hydrogen-bond donors (Lipinski definition) is 0. The maximum Gasteiger partial charge on any atom is 0.232 e. The number of methoxy groups -OCH3 is 1. The maximum absolute atomic E-state index is 12.7. The summed E-state index contributed by atoms with van der Waals surface area (Å²) >= 11 is 0. The standard InChI is InChI=1S/C22H27N3O4/c1-27-18-4-2-3-17(13-18)14-21(26)25-10-6-22(7-11-25)15-19(5-12-28-22)29-20-16-23-8-9-24-20/h2-4,8-9,13,16,19H,5-7,10-12,14-15H2,1H3. The van der Waals surface area contributed by atoms with Gasteiger partial charge in [-0.3, -0.25) is 9.78 Å². The molecule has 1 unspecified atom stereocenters. The molecule has 7 nitrogen and oxygen atoms in total. The molecule has 2 aliphatic rings. The largest absolute Gasteiger partial charge is 0.497 e. The van der Waals surface area contributed by atoms with Crippen LogP contribution in [-0.2, 0) is 16.0 Å². The predicted molar refractivity (Wildman–Crippen MR) is 107 cm³/mol. The van der Waals surface area contributed by atoms with Crippen LogP contribution in [0.2, 0.25) is 0 Å². The van der Waals surface area contributed by atoms with Gasteiger partial charge in [-0.05, 0) is 30.5 Å². The molecule has 2 saturated heterocycles. The first-order chi connectivity index (χ1) is 14.2. The van der Waals surface area contributed by atoms with Gasteiger partial charge in [-0.2, -0.15) is 0 Å². The monoisotopic (exact) mass is 397 g/mol. The smallest absolute Gasteiger partial charge is 0.232 e. The maximum atomic E-state index is 12.7. The molecule has 1 spiro atoms. The van der Waals surface area contributed by atoms with E-state index >= 15 is 0 Å². The number of hydrogen-bond acceptors (Lipinski definition) is 6. The van der Waals surface area contributed by atoms with E-state index in [0.717, 1.165) is 37.0 Å². The Bertz CT molecular complexity index is 822. The molecule has 1 aromatic heterocycles. The molecule has 0 bridgehead atoms. The number of likely N-dealkylation sites (tertiary alicyclic amines) is 1. The van der Waals surface area contributed by atoms with Gasteiger partial charge < -0.3 is 19.1 Å². The van der Waals surface area contributed by atoms with Crippen molar-refractivity contribution >= 4 is 5.91 Å². The molecule has 2 aromatic rings. The summed E-state index contributed by atoms with van der Waals surface area (Å²) in [6, 6.07) is 7.69. The van der Waals surface area contributed by atoms with Crippen LogP contribution in [0.15, 0.2) is 42.9 Å². The van der Waals surface area contributed by atoms with Crippen molar-refractivity contribution < 1.29 is 19.0 Å². The number of benzene rings is 1. The Kier molecular flexibility index (Phi) is 5.94. The van der Waals surface area contributed by atoms with Crippen molar-refractivity contribution in [2.75, 3.05) is 26.8 Å². The number of ether oxygens (including phenoxy) is 3. The molecule has 4 rings (SSSR count). The van der Waals surface area contributed by atoms with Crippen LogP contribution in [-0.4, -0.2) is 59.3 Å². The zero-order chi connectivity index (χ0) is 20.1. The highest BCUT2D eigenvalue weighted by atomic mass is 16.5. The number of nitrogens with zero attached hydrogens (tertiary/aromatic N) is 3. The van der Waals surface area contributed by atoms with Crippen molar-refractivity contribution in [2.45, 2.75) is 43.8 Å². The van der Waals surface area contributed by atoms with Crippen LogP contribution < -0.4 is 9.47 Å². The van der Waals surface area contributed by atoms with Crippen LogP contribution in [0.3, 0.4) is 0 Å².